The molecule has 4 heteroatoms. The highest BCUT2D eigenvalue weighted by molar-refractivity contribution is 5.90. The van der Waals surface area contributed by atoms with Gasteiger partial charge in [0.2, 0.25) is 0 Å². The number of rotatable bonds is 3. The normalized spacial score (nSPS) is 8.64. The molecule has 1 aromatic heterocycles. The summed E-state index contributed by atoms with van der Waals surface area (Å²) in [5.41, 5.74) is 5.24. The quantitative estimate of drug-likeness (QED) is 0.709. The summed E-state index contributed by atoms with van der Waals surface area (Å²) in [7, 11) is 0. The molecule has 0 aliphatic rings. The second-order valence-corrected chi connectivity index (χ2v) is 2.46. The van der Waals surface area contributed by atoms with Crippen molar-refractivity contribution in [1.82, 2.24) is 4.98 Å². The highest BCUT2D eigenvalue weighted by Crippen LogP contribution is 2.08. The number of carbonyl (C=O) groups is 1. The predicted octanol–water partition coefficient (Wildman–Crippen LogP) is 0.583. The van der Waals surface area contributed by atoms with Gasteiger partial charge in [-0.2, -0.15) is 0 Å². The topological polar surface area (TPSA) is 65.2 Å². The molecule has 0 spiro atoms. The largest absolute Gasteiger partial charge is 0.479 e. The lowest BCUT2D eigenvalue weighted by molar-refractivity contribution is 0.0995. The Morgan fingerprint density at radius 3 is 2.93 bits per heavy atom. The zero-order chi connectivity index (χ0) is 10.4. The highest BCUT2D eigenvalue weighted by atomic mass is 16.5. The number of nitrogens with two attached hydrogens (primary N) is 1. The van der Waals surface area contributed by atoms with E-state index in [0.717, 1.165) is 0 Å². The molecular formula is C10H10N2O2. The van der Waals surface area contributed by atoms with Crippen molar-refractivity contribution in [2.75, 3.05) is 6.61 Å². The lowest BCUT2D eigenvalue weighted by Gasteiger charge is -2.01. The maximum atomic E-state index is 10.7. The van der Waals surface area contributed by atoms with Crippen molar-refractivity contribution < 1.29 is 9.53 Å². The molecule has 1 amide bonds. The van der Waals surface area contributed by atoms with Crippen LogP contribution in [0.25, 0.3) is 0 Å². The van der Waals surface area contributed by atoms with Gasteiger partial charge in [-0.1, -0.05) is 5.92 Å². The molecule has 0 radical (unpaired) electrons. The molecule has 0 saturated carbocycles. The molecule has 0 fully saturated rings. The van der Waals surface area contributed by atoms with Crippen LogP contribution in [0.3, 0.4) is 0 Å². The molecule has 14 heavy (non-hydrogen) atoms. The molecular weight excluding hydrogens is 180 g/mol. The monoisotopic (exact) mass is 190 g/mol. The smallest absolute Gasteiger partial charge is 0.267 e. The van der Waals surface area contributed by atoms with Gasteiger partial charge < -0.3 is 10.5 Å². The molecule has 4 nitrogen and oxygen atoms in total. The van der Waals surface area contributed by atoms with Crippen molar-refractivity contribution >= 4 is 5.91 Å². The van der Waals surface area contributed by atoms with Crippen LogP contribution in [0.5, 0.6) is 5.75 Å². The lowest BCUT2D eigenvalue weighted by atomic mass is 10.3. The van der Waals surface area contributed by atoms with Gasteiger partial charge in [0, 0.05) is 0 Å². The van der Waals surface area contributed by atoms with E-state index < -0.39 is 5.91 Å². The van der Waals surface area contributed by atoms with E-state index in [2.05, 4.69) is 16.8 Å². The van der Waals surface area contributed by atoms with E-state index in [0.29, 0.717) is 12.4 Å². The average Bonchev–Trinajstić information content (AvgIpc) is 2.19. The predicted molar refractivity (Wildman–Crippen MR) is 51.7 cm³/mol. The van der Waals surface area contributed by atoms with Crippen molar-refractivity contribution in [3.05, 3.63) is 24.0 Å². The Labute approximate surface area is 82.1 Å². The van der Waals surface area contributed by atoms with Crippen LogP contribution in [-0.4, -0.2) is 17.5 Å². The molecule has 0 unspecified atom stereocenters. The van der Waals surface area contributed by atoms with Crippen LogP contribution in [0, 0.1) is 11.8 Å². The molecule has 0 saturated heterocycles. The zero-order valence-electron chi connectivity index (χ0n) is 7.78. The number of aromatic nitrogens is 1. The zero-order valence-corrected chi connectivity index (χ0v) is 7.78. The Hall–Kier alpha value is -2.02. The summed E-state index contributed by atoms with van der Waals surface area (Å²) in [6, 6.07) is 3.14. The minimum absolute atomic E-state index is 0.221. The summed E-state index contributed by atoms with van der Waals surface area (Å²) < 4.78 is 5.19. The first-order valence-electron chi connectivity index (χ1n) is 4.02. The van der Waals surface area contributed by atoms with Gasteiger partial charge in [0.25, 0.3) is 5.91 Å². The molecule has 0 bridgehead atoms. The SMILES string of the molecule is CC#CCOc1ccc(C(N)=O)nc1. The van der Waals surface area contributed by atoms with Crippen molar-refractivity contribution in [2.45, 2.75) is 6.92 Å². The van der Waals surface area contributed by atoms with E-state index in [1.165, 1.54) is 12.3 Å². The summed E-state index contributed by atoms with van der Waals surface area (Å²) in [4.78, 5) is 14.5. The molecule has 0 aliphatic heterocycles. The fourth-order valence-electron chi connectivity index (χ4n) is 0.803. The van der Waals surface area contributed by atoms with Gasteiger partial charge in [0.15, 0.2) is 0 Å². The van der Waals surface area contributed by atoms with Gasteiger partial charge >= 0.3 is 0 Å². The van der Waals surface area contributed by atoms with Crippen LogP contribution >= 0.6 is 0 Å². The number of nitrogens with zero attached hydrogens (tertiary/aromatic N) is 1. The Kier molecular flexibility index (Phi) is 3.50. The van der Waals surface area contributed by atoms with E-state index in [9.17, 15) is 4.79 Å². The van der Waals surface area contributed by atoms with Crippen molar-refractivity contribution in [2.24, 2.45) is 5.73 Å². The first-order chi connectivity index (χ1) is 6.74. The first kappa shape index (κ1) is 10.1. The minimum Gasteiger partial charge on any atom is -0.479 e. The fourth-order valence-corrected chi connectivity index (χ4v) is 0.803. The highest BCUT2D eigenvalue weighted by Gasteiger charge is 2.00. The number of pyridine rings is 1. The van der Waals surface area contributed by atoms with Gasteiger partial charge in [-0.3, -0.25) is 4.79 Å². The van der Waals surface area contributed by atoms with Crippen LogP contribution < -0.4 is 10.5 Å². The summed E-state index contributed by atoms with van der Waals surface area (Å²) in [6.45, 7) is 2.05. The maximum Gasteiger partial charge on any atom is 0.267 e. The van der Waals surface area contributed by atoms with Gasteiger partial charge in [-0.05, 0) is 19.1 Å². The van der Waals surface area contributed by atoms with Gasteiger partial charge in [-0.25, -0.2) is 4.98 Å². The number of hydrogen-bond donors (Lipinski definition) is 1. The Morgan fingerprint density at radius 2 is 2.43 bits per heavy atom. The third-order valence-electron chi connectivity index (χ3n) is 1.48. The summed E-state index contributed by atoms with van der Waals surface area (Å²) in [5, 5.41) is 0. The molecule has 0 aliphatic carbocycles. The minimum atomic E-state index is -0.551. The third-order valence-corrected chi connectivity index (χ3v) is 1.48. The maximum absolute atomic E-state index is 10.7. The number of hydrogen-bond acceptors (Lipinski definition) is 3. The molecule has 1 aromatic rings. The number of ether oxygens (including phenoxy) is 1. The molecule has 0 aromatic carbocycles. The van der Waals surface area contributed by atoms with Gasteiger partial charge in [0.05, 0.1) is 6.20 Å². The molecule has 2 N–H and O–H groups in total. The average molecular weight is 190 g/mol. The Morgan fingerprint density at radius 1 is 1.64 bits per heavy atom. The van der Waals surface area contributed by atoms with Crippen molar-refractivity contribution in [3.63, 3.8) is 0 Å². The van der Waals surface area contributed by atoms with Gasteiger partial charge in [0.1, 0.15) is 18.1 Å². The molecule has 1 rings (SSSR count). The number of primary amides is 1. The second-order valence-electron chi connectivity index (χ2n) is 2.46. The third kappa shape index (κ3) is 2.79. The summed E-state index contributed by atoms with van der Waals surface area (Å²) in [6.07, 6.45) is 1.44. The van der Waals surface area contributed by atoms with E-state index in [1.54, 1.807) is 13.0 Å². The number of carbonyl (C=O) groups excluding carboxylic acids is 1. The fraction of sp³-hybridized carbons (Fsp3) is 0.200. The van der Waals surface area contributed by atoms with Crippen LogP contribution in [-0.2, 0) is 0 Å². The van der Waals surface area contributed by atoms with Crippen molar-refractivity contribution in [1.29, 1.82) is 0 Å². The lowest BCUT2D eigenvalue weighted by Crippen LogP contribution is -2.12. The first-order valence-corrected chi connectivity index (χ1v) is 4.02. The molecule has 72 valence electrons. The van der Waals surface area contributed by atoms with E-state index in [-0.39, 0.29) is 5.69 Å². The Bertz CT molecular complexity index is 373. The summed E-state index contributed by atoms with van der Waals surface area (Å²) >= 11 is 0. The molecule has 0 atom stereocenters. The van der Waals surface area contributed by atoms with Crippen LogP contribution in [0.2, 0.25) is 0 Å². The molecule has 1 heterocycles. The van der Waals surface area contributed by atoms with Crippen LogP contribution in [0.1, 0.15) is 17.4 Å². The van der Waals surface area contributed by atoms with E-state index in [1.807, 2.05) is 0 Å². The summed E-state index contributed by atoms with van der Waals surface area (Å²) in [5.74, 6) is 5.46. The van der Waals surface area contributed by atoms with E-state index in [4.69, 9.17) is 10.5 Å². The van der Waals surface area contributed by atoms with Crippen LogP contribution in [0.4, 0.5) is 0 Å². The van der Waals surface area contributed by atoms with E-state index >= 15 is 0 Å². The van der Waals surface area contributed by atoms with Crippen LogP contribution in [0.15, 0.2) is 18.3 Å². The standard InChI is InChI=1S/C10H10N2O2/c1-2-3-6-14-8-4-5-9(10(11)13)12-7-8/h4-5,7H,6H2,1H3,(H2,11,13). The van der Waals surface area contributed by atoms with Crippen molar-refractivity contribution in [3.8, 4) is 17.6 Å². The Balaban J connectivity index is 2.62. The second kappa shape index (κ2) is 4.87. The number of amides is 1. The van der Waals surface area contributed by atoms with Gasteiger partial charge in [-0.15, -0.1) is 5.92 Å².